The second-order valence-corrected chi connectivity index (χ2v) is 7.25. The smallest absolute Gasteiger partial charge is 0.340 e. The molecule has 2 atom stereocenters. The lowest BCUT2D eigenvalue weighted by Gasteiger charge is -2.44. The van der Waals surface area contributed by atoms with Gasteiger partial charge in [-0.2, -0.15) is 0 Å². The van der Waals surface area contributed by atoms with Gasteiger partial charge < -0.3 is 9.64 Å². The molecule has 1 aliphatic carbocycles. The topological polar surface area (TPSA) is 89.8 Å². The second kappa shape index (κ2) is 8.03. The third kappa shape index (κ3) is 3.98. The third-order valence-electron chi connectivity index (χ3n) is 5.27. The van der Waals surface area contributed by atoms with E-state index in [9.17, 15) is 19.7 Å². The number of piperidine rings is 1. The summed E-state index contributed by atoms with van der Waals surface area (Å²) in [6, 6.07) is 3.77. The van der Waals surface area contributed by atoms with Crippen LogP contribution in [0.4, 0.5) is 5.69 Å². The van der Waals surface area contributed by atoms with Crippen molar-refractivity contribution >= 4 is 29.2 Å². The Labute approximate surface area is 156 Å². The zero-order valence-corrected chi connectivity index (χ0v) is 15.1. The number of carbonyl (C=O) groups excluding carboxylic acids is 2. The van der Waals surface area contributed by atoms with Crippen LogP contribution < -0.4 is 0 Å². The zero-order chi connectivity index (χ0) is 18.7. The Kier molecular flexibility index (Phi) is 5.76. The van der Waals surface area contributed by atoms with E-state index in [0.717, 1.165) is 38.2 Å². The van der Waals surface area contributed by atoms with Crippen LogP contribution in [0.5, 0.6) is 0 Å². The lowest BCUT2D eigenvalue weighted by Crippen LogP contribution is -2.50. The van der Waals surface area contributed by atoms with Gasteiger partial charge in [-0.25, -0.2) is 4.79 Å². The van der Waals surface area contributed by atoms with Crippen molar-refractivity contribution in [1.82, 2.24) is 4.90 Å². The van der Waals surface area contributed by atoms with E-state index in [4.69, 9.17) is 16.3 Å². The number of nitro groups is 1. The van der Waals surface area contributed by atoms with Gasteiger partial charge in [-0.3, -0.25) is 14.9 Å². The molecule has 0 aromatic heterocycles. The van der Waals surface area contributed by atoms with Crippen molar-refractivity contribution in [3.63, 3.8) is 0 Å². The van der Waals surface area contributed by atoms with Gasteiger partial charge in [0.05, 0.1) is 15.5 Å². The monoisotopic (exact) mass is 380 g/mol. The molecule has 2 fully saturated rings. The van der Waals surface area contributed by atoms with Crippen LogP contribution in [0.3, 0.4) is 0 Å². The lowest BCUT2D eigenvalue weighted by atomic mass is 9.78. The summed E-state index contributed by atoms with van der Waals surface area (Å²) in [6.45, 7) is 0.366. The molecule has 1 heterocycles. The highest BCUT2D eigenvalue weighted by Crippen LogP contribution is 2.35. The molecule has 1 aromatic rings. The normalized spacial score (nSPS) is 22.4. The van der Waals surface area contributed by atoms with Gasteiger partial charge in [0.25, 0.3) is 11.6 Å². The maximum absolute atomic E-state index is 12.5. The number of rotatable bonds is 4. The highest BCUT2D eigenvalue weighted by Gasteiger charge is 2.35. The molecular formula is C18H21ClN2O5. The Hall–Kier alpha value is -2.15. The number of likely N-dealkylation sites (tertiary alicyclic amines) is 1. The minimum absolute atomic E-state index is 0.0132. The number of non-ortho nitro benzene ring substituents is 1. The van der Waals surface area contributed by atoms with Crippen LogP contribution in [-0.4, -0.2) is 40.9 Å². The summed E-state index contributed by atoms with van der Waals surface area (Å²) in [6.07, 6.45) is 6.66. The van der Waals surface area contributed by atoms with E-state index < -0.39 is 10.9 Å². The van der Waals surface area contributed by atoms with Crippen LogP contribution in [0.2, 0.25) is 5.02 Å². The van der Waals surface area contributed by atoms with E-state index >= 15 is 0 Å². The summed E-state index contributed by atoms with van der Waals surface area (Å²) in [4.78, 5) is 36.7. The molecule has 26 heavy (non-hydrogen) atoms. The fourth-order valence-corrected chi connectivity index (χ4v) is 4.26. The number of amides is 1. The predicted molar refractivity (Wildman–Crippen MR) is 95.1 cm³/mol. The average Bonchev–Trinajstić information content (AvgIpc) is 2.65. The molecule has 3 rings (SSSR count). The number of fused-ring (bicyclic) bond motifs is 1. The van der Waals surface area contributed by atoms with Gasteiger partial charge >= 0.3 is 5.97 Å². The van der Waals surface area contributed by atoms with Gasteiger partial charge in [-0.05, 0) is 37.7 Å². The van der Waals surface area contributed by atoms with Crippen molar-refractivity contribution in [2.45, 2.75) is 44.6 Å². The third-order valence-corrected chi connectivity index (χ3v) is 5.59. The molecule has 7 nitrogen and oxygen atoms in total. The number of esters is 1. The van der Waals surface area contributed by atoms with Gasteiger partial charge in [-0.1, -0.05) is 24.4 Å². The first kappa shape index (κ1) is 18.6. The molecule has 1 aliphatic heterocycles. The summed E-state index contributed by atoms with van der Waals surface area (Å²) < 4.78 is 5.12. The minimum Gasteiger partial charge on any atom is -0.452 e. The van der Waals surface area contributed by atoms with Crippen molar-refractivity contribution in [1.29, 1.82) is 0 Å². The molecule has 1 aromatic carbocycles. The number of carbonyl (C=O) groups is 2. The van der Waals surface area contributed by atoms with Gasteiger partial charge in [0.1, 0.15) is 0 Å². The number of ether oxygens (including phenoxy) is 1. The summed E-state index contributed by atoms with van der Waals surface area (Å²) in [5, 5.41) is 10.7. The molecule has 1 saturated carbocycles. The van der Waals surface area contributed by atoms with Crippen LogP contribution in [0.1, 0.15) is 48.9 Å². The molecule has 0 spiro atoms. The van der Waals surface area contributed by atoms with Crippen LogP contribution in [0, 0.1) is 16.0 Å². The van der Waals surface area contributed by atoms with Crippen molar-refractivity contribution < 1.29 is 19.2 Å². The standard InChI is InChI=1S/C18H21ClN2O5/c19-15-10-13(21(24)25)7-8-14(15)18(23)26-11-17(22)20-9-3-5-12-4-1-2-6-16(12)20/h7-8,10,12,16H,1-6,9,11H2/t12-,16+/m0/s1. The Morgan fingerprint density at radius 3 is 2.69 bits per heavy atom. The van der Waals surface area contributed by atoms with Gasteiger partial charge in [0.15, 0.2) is 6.61 Å². The van der Waals surface area contributed by atoms with E-state index in [1.165, 1.54) is 18.6 Å². The van der Waals surface area contributed by atoms with E-state index in [1.807, 2.05) is 4.90 Å². The number of nitro benzene ring substituents is 1. The first-order valence-electron chi connectivity index (χ1n) is 8.88. The molecule has 8 heteroatoms. The molecule has 0 bridgehead atoms. The van der Waals surface area contributed by atoms with Crippen molar-refractivity contribution in [2.75, 3.05) is 13.2 Å². The van der Waals surface area contributed by atoms with E-state index in [2.05, 4.69) is 0 Å². The summed E-state index contributed by atoms with van der Waals surface area (Å²) in [7, 11) is 0. The highest BCUT2D eigenvalue weighted by atomic mass is 35.5. The molecule has 2 aliphatic rings. The summed E-state index contributed by atoms with van der Waals surface area (Å²) in [5.41, 5.74) is -0.196. The van der Waals surface area contributed by atoms with Crippen LogP contribution >= 0.6 is 11.6 Å². The molecule has 0 N–H and O–H groups in total. The van der Waals surface area contributed by atoms with Gasteiger partial charge in [0.2, 0.25) is 0 Å². The van der Waals surface area contributed by atoms with Gasteiger partial charge in [-0.15, -0.1) is 0 Å². The average molecular weight is 381 g/mol. The number of hydrogen-bond donors (Lipinski definition) is 0. The predicted octanol–water partition coefficient (Wildman–Crippen LogP) is 3.59. The fraction of sp³-hybridized carbons (Fsp3) is 0.556. The number of hydrogen-bond acceptors (Lipinski definition) is 5. The molecule has 140 valence electrons. The first-order valence-corrected chi connectivity index (χ1v) is 9.25. The molecule has 1 amide bonds. The number of benzene rings is 1. The van der Waals surface area contributed by atoms with Crippen LogP contribution in [0.15, 0.2) is 18.2 Å². The molecule has 0 radical (unpaired) electrons. The summed E-state index contributed by atoms with van der Waals surface area (Å²) >= 11 is 5.92. The molecule has 1 saturated heterocycles. The Balaban J connectivity index is 1.60. The quantitative estimate of drug-likeness (QED) is 0.452. The number of nitrogens with zero attached hydrogens (tertiary/aromatic N) is 2. The largest absolute Gasteiger partial charge is 0.452 e. The molecular weight excluding hydrogens is 360 g/mol. The highest BCUT2D eigenvalue weighted by molar-refractivity contribution is 6.33. The van der Waals surface area contributed by atoms with Gasteiger partial charge in [0, 0.05) is 24.7 Å². The molecule has 0 unspecified atom stereocenters. The lowest BCUT2D eigenvalue weighted by molar-refractivity contribution is -0.384. The van der Waals surface area contributed by atoms with Crippen molar-refractivity contribution in [3.8, 4) is 0 Å². The Morgan fingerprint density at radius 1 is 1.23 bits per heavy atom. The van der Waals surface area contributed by atoms with Crippen LogP contribution in [0.25, 0.3) is 0 Å². The van der Waals surface area contributed by atoms with Crippen LogP contribution in [-0.2, 0) is 9.53 Å². The fourth-order valence-electron chi connectivity index (χ4n) is 4.01. The zero-order valence-electron chi connectivity index (χ0n) is 14.4. The van der Waals surface area contributed by atoms with E-state index in [-0.39, 0.29) is 34.8 Å². The van der Waals surface area contributed by atoms with E-state index in [1.54, 1.807) is 0 Å². The van der Waals surface area contributed by atoms with Crippen molar-refractivity contribution in [3.05, 3.63) is 38.9 Å². The maximum atomic E-state index is 12.5. The number of halogens is 1. The SMILES string of the molecule is O=C(OCC(=O)N1CCC[C@@H]2CCCC[C@H]21)c1ccc([N+](=O)[O-])cc1Cl. The first-order chi connectivity index (χ1) is 12.5. The van der Waals surface area contributed by atoms with E-state index in [0.29, 0.717) is 12.5 Å². The van der Waals surface area contributed by atoms with Crippen molar-refractivity contribution in [2.24, 2.45) is 5.92 Å². The Bertz CT molecular complexity index is 722. The minimum atomic E-state index is -0.754. The maximum Gasteiger partial charge on any atom is 0.340 e. The second-order valence-electron chi connectivity index (χ2n) is 6.84. The Morgan fingerprint density at radius 2 is 1.96 bits per heavy atom. The summed E-state index contributed by atoms with van der Waals surface area (Å²) in [5.74, 6) is -0.385.